The van der Waals surface area contributed by atoms with Crippen LogP contribution < -0.4 is 5.73 Å². The third kappa shape index (κ3) is 1.17. The molecule has 1 aromatic carbocycles. The zero-order valence-electron chi connectivity index (χ0n) is 5.78. The van der Waals surface area contributed by atoms with Crippen LogP contribution in [-0.2, 0) is 0 Å². The molecule has 2 rings (SSSR count). The Balaban J connectivity index is 0.000000605. The zero-order valence-corrected chi connectivity index (χ0v) is 6.60. The van der Waals surface area contributed by atoms with Gasteiger partial charge in [-0.2, -0.15) is 0 Å². The number of rotatable bonds is 0. The van der Waals surface area contributed by atoms with Crippen LogP contribution in [0, 0.1) is 0 Å². The molecule has 2 N–H and O–H groups in total. The maximum Gasteiger partial charge on any atom is 0.136 e. The SMILES string of the molecule is Cl.Nc1coc2ccccc12. The standard InChI is InChI=1S/C8H7NO.ClH/c9-7-5-10-8-4-2-1-3-6(7)8;/h1-5H,9H2;1H. The molecule has 11 heavy (non-hydrogen) atoms. The first kappa shape index (κ1) is 7.95. The molecular weight excluding hydrogens is 162 g/mol. The van der Waals surface area contributed by atoms with Crippen molar-refractivity contribution in [2.45, 2.75) is 0 Å². The van der Waals surface area contributed by atoms with Crippen LogP contribution in [0.15, 0.2) is 34.9 Å². The van der Waals surface area contributed by atoms with Crippen molar-refractivity contribution in [1.82, 2.24) is 0 Å². The van der Waals surface area contributed by atoms with Crippen LogP contribution in [0.3, 0.4) is 0 Å². The van der Waals surface area contributed by atoms with Gasteiger partial charge in [0.15, 0.2) is 0 Å². The molecule has 1 heterocycles. The minimum atomic E-state index is 0. The van der Waals surface area contributed by atoms with E-state index in [1.54, 1.807) is 6.26 Å². The van der Waals surface area contributed by atoms with Crippen molar-refractivity contribution in [3.63, 3.8) is 0 Å². The first-order chi connectivity index (χ1) is 4.88. The van der Waals surface area contributed by atoms with Crippen LogP contribution in [0.25, 0.3) is 11.0 Å². The van der Waals surface area contributed by atoms with Crippen LogP contribution in [0.1, 0.15) is 0 Å². The summed E-state index contributed by atoms with van der Waals surface area (Å²) < 4.78 is 5.12. The van der Waals surface area contributed by atoms with E-state index >= 15 is 0 Å². The number of halogens is 1. The monoisotopic (exact) mass is 169 g/mol. The molecule has 2 aromatic rings. The molecule has 1 aromatic heterocycles. The number of fused-ring (bicyclic) bond motifs is 1. The molecule has 0 unspecified atom stereocenters. The number of nitrogens with two attached hydrogens (primary N) is 1. The van der Waals surface area contributed by atoms with E-state index in [0.717, 1.165) is 11.0 Å². The van der Waals surface area contributed by atoms with Gasteiger partial charge >= 0.3 is 0 Å². The van der Waals surface area contributed by atoms with E-state index in [-0.39, 0.29) is 12.4 Å². The van der Waals surface area contributed by atoms with Gasteiger partial charge in [-0.15, -0.1) is 12.4 Å². The Morgan fingerprint density at radius 2 is 1.91 bits per heavy atom. The second-order valence-corrected chi connectivity index (χ2v) is 2.19. The molecule has 2 nitrogen and oxygen atoms in total. The summed E-state index contributed by atoms with van der Waals surface area (Å²) in [7, 11) is 0. The Kier molecular flexibility index (Phi) is 2.06. The average Bonchev–Trinajstić information content (AvgIpc) is 2.34. The topological polar surface area (TPSA) is 39.2 Å². The van der Waals surface area contributed by atoms with Crippen LogP contribution in [0.4, 0.5) is 5.69 Å². The highest BCUT2D eigenvalue weighted by Crippen LogP contribution is 2.21. The van der Waals surface area contributed by atoms with Gasteiger partial charge in [-0.25, -0.2) is 0 Å². The number of nitrogen functional groups attached to an aromatic ring is 1. The number of furan rings is 1. The van der Waals surface area contributed by atoms with Crippen LogP contribution >= 0.6 is 12.4 Å². The maximum atomic E-state index is 5.58. The maximum absolute atomic E-state index is 5.58. The molecule has 0 aliphatic heterocycles. The fraction of sp³-hybridized carbons (Fsp3) is 0. The van der Waals surface area contributed by atoms with E-state index in [1.807, 2.05) is 24.3 Å². The van der Waals surface area contributed by atoms with Crippen molar-refractivity contribution in [2.24, 2.45) is 0 Å². The highest BCUT2D eigenvalue weighted by molar-refractivity contribution is 5.88. The molecule has 0 atom stereocenters. The van der Waals surface area contributed by atoms with Crippen LogP contribution in [-0.4, -0.2) is 0 Å². The van der Waals surface area contributed by atoms with E-state index in [1.165, 1.54) is 0 Å². The van der Waals surface area contributed by atoms with Crippen molar-refractivity contribution >= 4 is 29.1 Å². The first-order valence-corrected chi connectivity index (χ1v) is 3.09. The summed E-state index contributed by atoms with van der Waals surface area (Å²) in [6.45, 7) is 0. The molecule has 0 saturated heterocycles. The summed E-state index contributed by atoms with van der Waals surface area (Å²) in [5.74, 6) is 0. The number of benzene rings is 1. The van der Waals surface area contributed by atoms with Crippen LogP contribution in [0.2, 0.25) is 0 Å². The highest BCUT2D eigenvalue weighted by atomic mass is 35.5. The highest BCUT2D eigenvalue weighted by Gasteiger charge is 1.97. The Labute approximate surface area is 70.4 Å². The second-order valence-electron chi connectivity index (χ2n) is 2.19. The normalized spacial score (nSPS) is 9.45. The fourth-order valence-corrected chi connectivity index (χ4v) is 0.998. The van der Waals surface area contributed by atoms with Gasteiger partial charge in [0.1, 0.15) is 11.8 Å². The minimum Gasteiger partial charge on any atom is -0.462 e. The van der Waals surface area contributed by atoms with E-state index < -0.39 is 0 Å². The first-order valence-electron chi connectivity index (χ1n) is 3.09. The second kappa shape index (κ2) is 2.84. The van der Waals surface area contributed by atoms with Crippen molar-refractivity contribution in [3.8, 4) is 0 Å². The van der Waals surface area contributed by atoms with Crippen molar-refractivity contribution in [2.75, 3.05) is 5.73 Å². The largest absolute Gasteiger partial charge is 0.462 e. The lowest BCUT2D eigenvalue weighted by molar-refractivity contribution is 0.617. The summed E-state index contributed by atoms with van der Waals surface area (Å²) >= 11 is 0. The minimum absolute atomic E-state index is 0. The molecule has 58 valence electrons. The summed E-state index contributed by atoms with van der Waals surface area (Å²) in [6.07, 6.45) is 1.56. The van der Waals surface area contributed by atoms with Crippen molar-refractivity contribution < 1.29 is 4.42 Å². The molecule has 0 radical (unpaired) electrons. The lowest BCUT2D eigenvalue weighted by Gasteiger charge is -1.84. The van der Waals surface area contributed by atoms with Crippen LogP contribution in [0.5, 0.6) is 0 Å². The Morgan fingerprint density at radius 3 is 2.64 bits per heavy atom. The van der Waals surface area contributed by atoms with E-state index in [4.69, 9.17) is 10.2 Å². The Hall–Kier alpha value is -1.15. The number of hydrogen-bond acceptors (Lipinski definition) is 2. The molecule has 0 amide bonds. The molecule has 0 saturated carbocycles. The number of para-hydroxylation sites is 1. The van der Waals surface area contributed by atoms with E-state index in [9.17, 15) is 0 Å². The lowest BCUT2D eigenvalue weighted by Crippen LogP contribution is -1.78. The van der Waals surface area contributed by atoms with Crippen molar-refractivity contribution in [1.29, 1.82) is 0 Å². The van der Waals surface area contributed by atoms with Gasteiger partial charge in [-0.05, 0) is 12.1 Å². The van der Waals surface area contributed by atoms with Gasteiger partial charge in [-0.3, -0.25) is 0 Å². The third-order valence-corrected chi connectivity index (χ3v) is 1.51. The summed E-state index contributed by atoms with van der Waals surface area (Å²) in [4.78, 5) is 0. The number of anilines is 1. The van der Waals surface area contributed by atoms with Gasteiger partial charge in [0.2, 0.25) is 0 Å². The van der Waals surface area contributed by atoms with Gasteiger partial charge < -0.3 is 10.2 Å². The average molecular weight is 170 g/mol. The molecule has 0 spiro atoms. The smallest absolute Gasteiger partial charge is 0.136 e. The van der Waals surface area contributed by atoms with Gasteiger partial charge in [0.25, 0.3) is 0 Å². The molecule has 0 aliphatic carbocycles. The van der Waals surface area contributed by atoms with E-state index in [0.29, 0.717) is 5.69 Å². The Bertz CT molecular complexity index is 356. The molecule has 0 bridgehead atoms. The predicted molar refractivity (Wildman–Crippen MR) is 47.9 cm³/mol. The van der Waals surface area contributed by atoms with Gasteiger partial charge in [0, 0.05) is 5.39 Å². The summed E-state index contributed by atoms with van der Waals surface area (Å²) in [5, 5.41) is 0.988. The van der Waals surface area contributed by atoms with Gasteiger partial charge in [-0.1, -0.05) is 12.1 Å². The van der Waals surface area contributed by atoms with E-state index in [2.05, 4.69) is 0 Å². The quantitative estimate of drug-likeness (QED) is 0.658. The fourth-order valence-electron chi connectivity index (χ4n) is 0.998. The third-order valence-electron chi connectivity index (χ3n) is 1.51. The Morgan fingerprint density at radius 1 is 1.18 bits per heavy atom. The molecule has 0 aliphatic rings. The summed E-state index contributed by atoms with van der Waals surface area (Å²) in [6, 6.07) is 7.69. The van der Waals surface area contributed by atoms with Crippen molar-refractivity contribution in [3.05, 3.63) is 30.5 Å². The zero-order chi connectivity index (χ0) is 6.97. The summed E-state index contributed by atoms with van der Waals surface area (Å²) in [5.41, 5.74) is 7.13. The molecule has 0 fully saturated rings. The molecule has 3 heteroatoms. The van der Waals surface area contributed by atoms with Gasteiger partial charge in [0.05, 0.1) is 5.69 Å². The number of hydrogen-bond donors (Lipinski definition) is 1. The predicted octanol–water partition coefficient (Wildman–Crippen LogP) is 2.44. The molecular formula is C8H8ClNO. The lowest BCUT2D eigenvalue weighted by atomic mass is 10.2.